The number of rotatable bonds is 4. The second-order valence-electron chi connectivity index (χ2n) is 3.35. The van der Waals surface area contributed by atoms with Crippen LogP contribution in [0, 0.1) is 11.3 Å². The van der Waals surface area contributed by atoms with Gasteiger partial charge in [0.05, 0.1) is 12.3 Å². The zero-order chi connectivity index (χ0) is 12.3. The van der Waals surface area contributed by atoms with Crippen molar-refractivity contribution in [2.45, 2.75) is 6.04 Å². The summed E-state index contributed by atoms with van der Waals surface area (Å²) in [6, 6.07) is 4.11. The van der Waals surface area contributed by atoms with Gasteiger partial charge in [-0.05, 0) is 12.1 Å². The highest BCUT2D eigenvalue weighted by Gasteiger charge is 2.30. The molecule has 0 amide bonds. The van der Waals surface area contributed by atoms with E-state index >= 15 is 0 Å². The van der Waals surface area contributed by atoms with Crippen molar-refractivity contribution < 1.29 is 12.8 Å². The van der Waals surface area contributed by atoms with Crippen molar-refractivity contribution in [3.05, 3.63) is 24.2 Å². The zero-order valence-electron chi connectivity index (χ0n) is 9.28. The molecular formula is C9H13N3O3S. The minimum Gasteiger partial charge on any atom is -0.467 e. The highest BCUT2D eigenvalue weighted by atomic mass is 32.2. The standard InChI is InChI=1S/C9H13N3O3S/c1-11(2)16(13,14)12(3)8(7-10)9-5-4-6-15-9/h4-6,8H,1-3H3. The molecule has 1 rings (SSSR count). The molecule has 0 saturated heterocycles. The molecule has 0 N–H and O–H groups in total. The number of nitrogens with zero attached hydrogens (tertiary/aromatic N) is 3. The van der Waals surface area contributed by atoms with E-state index in [0.29, 0.717) is 5.76 Å². The van der Waals surface area contributed by atoms with Crippen LogP contribution in [0.1, 0.15) is 11.8 Å². The second-order valence-corrected chi connectivity index (χ2v) is 5.56. The molecule has 1 atom stereocenters. The summed E-state index contributed by atoms with van der Waals surface area (Å²) in [5.41, 5.74) is 0. The van der Waals surface area contributed by atoms with Gasteiger partial charge in [0, 0.05) is 21.1 Å². The minimum atomic E-state index is -3.63. The molecule has 0 radical (unpaired) electrons. The summed E-state index contributed by atoms with van der Waals surface area (Å²) in [7, 11) is 0.519. The molecule has 0 aliphatic rings. The van der Waals surface area contributed by atoms with E-state index in [4.69, 9.17) is 9.68 Å². The van der Waals surface area contributed by atoms with Gasteiger partial charge in [-0.2, -0.15) is 22.3 Å². The Morgan fingerprint density at radius 2 is 2.06 bits per heavy atom. The Hall–Kier alpha value is -1.36. The molecule has 0 bridgehead atoms. The smallest absolute Gasteiger partial charge is 0.282 e. The SMILES string of the molecule is CN(C)S(=O)(=O)N(C)C(C#N)c1ccco1. The third kappa shape index (κ3) is 2.24. The van der Waals surface area contributed by atoms with Crippen molar-refractivity contribution in [1.82, 2.24) is 8.61 Å². The summed E-state index contributed by atoms with van der Waals surface area (Å²) >= 11 is 0. The summed E-state index contributed by atoms with van der Waals surface area (Å²) in [4.78, 5) is 0. The van der Waals surface area contributed by atoms with E-state index in [2.05, 4.69) is 0 Å². The molecule has 16 heavy (non-hydrogen) atoms. The van der Waals surface area contributed by atoms with Gasteiger partial charge in [0.2, 0.25) is 0 Å². The Bertz CT molecular complexity index is 473. The molecule has 1 heterocycles. The highest BCUT2D eigenvalue weighted by molar-refractivity contribution is 7.86. The third-order valence-electron chi connectivity index (χ3n) is 2.12. The Morgan fingerprint density at radius 1 is 1.44 bits per heavy atom. The van der Waals surface area contributed by atoms with Crippen molar-refractivity contribution in [3.8, 4) is 6.07 Å². The summed E-state index contributed by atoms with van der Waals surface area (Å²) in [6.45, 7) is 0. The summed E-state index contributed by atoms with van der Waals surface area (Å²) < 4.78 is 30.6. The first kappa shape index (κ1) is 12.7. The topological polar surface area (TPSA) is 77.5 Å². The highest BCUT2D eigenvalue weighted by Crippen LogP contribution is 2.22. The molecular weight excluding hydrogens is 230 g/mol. The Balaban J connectivity index is 3.06. The van der Waals surface area contributed by atoms with Gasteiger partial charge in [-0.3, -0.25) is 0 Å². The lowest BCUT2D eigenvalue weighted by molar-refractivity contribution is 0.349. The lowest BCUT2D eigenvalue weighted by Gasteiger charge is -2.23. The predicted octanol–water partition coefficient (Wildman–Crippen LogP) is 0.582. The van der Waals surface area contributed by atoms with Gasteiger partial charge in [0.1, 0.15) is 5.76 Å². The molecule has 0 aliphatic heterocycles. The average molecular weight is 243 g/mol. The largest absolute Gasteiger partial charge is 0.467 e. The normalized spacial score (nSPS) is 14.0. The van der Waals surface area contributed by atoms with Crippen molar-refractivity contribution in [2.75, 3.05) is 21.1 Å². The molecule has 1 aromatic rings. The van der Waals surface area contributed by atoms with E-state index in [-0.39, 0.29) is 0 Å². The lowest BCUT2D eigenvalue weighted by atomic mass is 10.2. The van der Waals surface area contributed by atoms with Crippen LogP contribution in [0.25, 0.3) is 0 Å². The van der Waals surface area contributed by atoms with Crippen molar-refractivity contribution in [3.63, 3.8) is 0 Å². The van der Waals surface area contributed by atoms with Crippen LogP contribution in [0.15, 0.2) is 22.8 Å². The van der Waals surface area contributed by atoms with E-state index in [1.54, 1.807) is 12.1 Å². The first-order valence-corrected chi connectivity index (χ1v) is 5.89. The van der Waals surface area contributed by atoms with E-state index in [0.717, 1.165) is 8.61 Å². The van der Waals surface area contributed by atoms with Crippen LogP contribution < -0.4 is 0 Å². The molecule has 0 aliphatic carbocycles. The van der Waals surface area contributed by atoms with Crippen LogP contribution in [0.5, 0.6) is 0 Å². The molecule has 1 unspecified atom stereocenters. The molecule has 0 saturated carbocycles. The van der Waals surface area contributed by atoms with E-state index < -0.39 is 16.3 Å². The quantitative estimate of drug-likeness (QED) is 0.775. The monoisotopic (exact) mass is 243 g/mol. The summed E-state index contributed by atoms with van der Waals surface area (Å²) in [5, 5.41) is 8.98. The van der Waals surface area contributed by atoms with E-state index in [1.807, 2.05) is 6.07 Å². The van der Waals surface area contributed by atoms with E-state index in [9.17, 15) is 8.42 Å². The molecule has 0 aromatic carbocycles. The molecule has 0 spiro atoms. The van der Waals surface area contributed by atoms with Gasteiger partial charge in [-0.1, -0.05) is 0 Å². The zero-order valence-corrected chi connectivity index (χ0v) is 10.1. The number of hydrogen-bond acceptors (Lipinski definition) is 4. The van der Waals surface area contributed by atoms with Crippen LogP contribution in [0.4, 0.5) is 0 Å². The van der Waals surface area contributed by atoms with Crippen LogP contribution in [0.2, 0.25) is 0 Å². The van der Waals surface area contributed by atoms with Gasteiger partial charge in [-0.25, -0.2) is 0 Å². The summed E-state index contributed by atoms with van der Waals surface area (Å²) in [6.07, 6.45) is 1.40. The lowest BCUT2D eigenvalue weighted by Crippen LogP contribution is -2.39. The van der Waals surface area contributed by atoms with Crippen LogP contribution >= 0.6 is 0 Å². The van der Waals surface area contributed by atoms with Gasteiger partial charge >= 0.3 is 0 Å². The minimum absolute atomic E-state index is 0.301. The van der Waals surface area contributed by atoms with E-state index in [1.165, 1.54) is 27.4 Å². The Kier molecular flexibility index (Phi) is 3.70. The van der Waals surface area contributed by atoms with Gasteiger partial charge < -0.3 is 4.42 Å². The maximum absolute atomic E-state index is 11.8. The number of furan rings is 1. The molecule has 6 nitrogen and oxygen atoms in total. The number of nitriles is 1. The second kappa shape index (κ2) is 4.65. The van der Waals surface area contributed by atoms with Crippen LogP contribution in [-0.4, -0.2) is 38.2 Å². The number of hydrogen-bond donors (Lipinski definition) is 0. The maximum Gasteiger partial charge on any atom is 0.282 e. The maximum atomic E-state index is 11.8. The fourth-order valence-electron chi connectivity index (χ4n) is 1.16. The first-order valence-electron chi connectivity index (χ1n) is 4.49. The van der Waals surface area contributed by atoms with Crippen LogP contribution in [-0.2, 0) is 10.2 Å². The molecule has 1 aromatic heterocycles. The predicted molar refractivity (Wildman–Crippen MR) is 57.4 cm³/mol. The Labute approximate surface area is 94.9 Å². The van der Waals surface area contributed by atoms with Crippen LogP contribution in [0.3, 0.4) is 0 Å². The van der Waals surface area contributed by atoms with Gasteiger partial charge in [-0.15, -0.1) is 0 Å². The molecule has 7 heteroatoms. The summed E-state index contributed by atoms with van der Waals surface area (Å²) in [5.74, 6) is 0.301. The first-order chi connectivity index (χ1) is 7.41. The van der Waals surface area contributed by atoms with Crippen molar-refractivity contribution >= 4 is 10.2 Å². The van der Waals surface area contributed by atoms with Crippen molar-refractivity contribution in [1.29, 1.82) is 5.26 Å². The third-order valence-corrected chi connectivity index (χ3v) is 3.99. The fourth-order valence-corrected chi connectivity index (χ4v) is 2.09. The molecule has 88 valence electrons. The Morgan fingerprint density at radius 3 is 2.44 bits per heavy atom. The fraction of sp³-hybridized carbons (Fsp3) is 0.444. The molecule has 0 fully saturated rings. The van der Waals surface area contributed by atoms with Crippen molar-refractivity contribution in [2.24, 2.45) is 0 Å². The van der Waals surface area contributed by atoms with Gasteiger partial charge in [0.15, 0.2) is 6.04 Å². The van der Waals surface area contributed by atoms with Gasteiger partial charge in [0.25, 0.3) is 10.2 Å². The average Bonchev–Trinajstić information content (AvgIpc) is 2.71.